The minimum absolute atomic E-state index is 0.121. The molecule has 2 rings (SSSR count). The average molecular weight is 280 g/mol. The normalized spacial score (nSPS) is 22.8. The van der Waals surface area contributed by atoms with Gasteiger partial charge in [-0.05, 0) is 52.6 Å². The van der Waals surface area contributed by atoms with Crippen LogP contribution in [0.3, 0.4) is 0 Å². The summed E-state index contributed by atoms with van der Waals surface area (Å²) >= 11 is 0. The van der Waals surface area contributed by atoms with E-state index >= 15 is 0 Å². The molecule has 0 atom stereocenters. The van der Waals surface area contributed by atoms with E-state index < -0.39 is 5.97 Å². The summed E-state index contributed by atoms with van der Waals surface area (Å²) in [7, 11) is 0. The van der Waals surface area contributed by atoms with E-state index in [-0.39, 0.29) is 11.5 Å². The van der Waals surface area contributed by atoms with Crippen LogP contribution in [0.1, 0.15) is 39.5 Å². The van der Waals surface area contributed by atoms with Crippen molar-refractivity contribution in [3.8, 4) is 0 Å². The molecular formula is C15H24N2O3. The van der Waals surface area contributed by atoms with Crippen LogP contribution in [0.5, 0.6) is 0 Å². The summed E-state index contributed by atoms with van der Waals surface area (Å²) in [5.41, 5.74) is 0.508. The van der Waals surface area contributed by atoms with E-state index in [1.54, 1.807) is 11.8 Å². The maximum Gasteiger partial charge on any atom is 0.331 e. The van der Waals surface area contributed by atoms with Crippen LogP contribution in [-0.2, 0) is 9.59 Å². The Morgan fingerprint density at radius 3 is 2.00 bits per heavy atom. The van der Waals surface area contributed by atoms with Gasteiger partial charge >= 0.3 is 5.97 Å². The SMILES string of the molecule is CC(C(=O)O)=C(C)C(=O)N1CCC(N2CCCC2)CC1. The number of hydrogen-bond acceptors (Lipinski definition) is 3. The molecule has 1 N–H and O–H groups in total. The Morgan fingerprint density at radius 1 is 0.950 bits per heavy atom. The largest absolute Gasteiger partial charge is 0.478 e. The molecule has 0 saturated carbocycles. The maximum atomic E-state index is 12.3. The summed E-state index contributed by atoms with van der Waals surface area (Å²) in [6.45, 7) is 6.96. The molecular weight excluding hydrogens is 256 g/mol. The van der Waals surface area contributed by atoms with Gasteiger partial charge in [0.1, 0.15) is 0 Å². The molecule has 0 unspecified atom stereocenters. The lowest BCUT2D eigenvalue weighted by atomic mass is 10.0. The smallest absolute Gasteiger partial charge is 0.331 e. The predicted octanol–water partition coefficient (Wildman–Crippen LogP) is 1.49. The minimum Gasteiger partial charge on any atom is -0.478 e. The first-order valence-electron chi connectivity index (χ1n) is 7.45. The zero-order chi connectivity index (χ0) is 14.7. The predicted molar refractivity (Wildman–Crippen MR) is 76.4 cm³/mol. The van der Waals surface area contributed by atoms with Gasteiger partial charge < -0.3 is 14.9 Å². The number of aliphatic carboxylic acids is 1. The highest BCUT2D eigenvalue weighted by molar-refractivity contribution is 6.01. The van der Waals surface area contributed by atoms with Crippen LogP contribution in [-0.4, -0.2) is 59.0 Å². The molecule has 2 aliphatic heterocycles. The Morgan fingerprint density at radius 2 is 1.50 bits per heavy atom. The Labute approximate surface area is 120 Å². The van der Waals surface area contributed by atoms with Crippen LogP contribution in [0.4, 0.5) is 0 Å². The van der Waals surface area contributed by atoms with Crippen molar-refractivity contribution in [3.63, 3.8) is 0 Å². The third-order valence-corrected chi connectivity index (χ3v) is 4.61. The second kappa shape index (κ2) is 6.39. The number of likely N-dealkylation sites (tertiary alicyclic amines) is 2. The fourth-order valence-electron chi connectivity index (χ4n) is 3.10. The summed E-state index contributed by atoms with van der Waals surface area (Å²) in [6.07, 6.45) is 4.59. The van der Waals surface area contributed by atoms with E-state index in [1.807, 2.05) is 0 Å². The lowest BCUT2D eigenvalue weighted by Crippen LogP contribution is -2.46. The van der Waals surface area contributed by atoms with E-state index in [0.717, 1.165) is 25.9 Å². The van der Waals surface area contributed by atoms with E-state index in [1.165, 1.54) is 32.9 Å². The summed E-state index contributed by atoms with van der Waals surface area (Å²) in [6, 6.07) is 0.603. The standard InChI is InChI=1S/C15H24N2O3/c1-11(12(2)15(19)20)14(18)17-9-5-13(6-10-17)16-7-3-4-8-16/h13H,3-10H2,1-2H3,(H,19,20). The van der Waals surface area contributed by atoms with E-state index in [9.17, 15) is 9.59 Å². The van der Waals surface area contributed by atoms with E-state index in [4.69, 9.17) is 5.11 Å². The summed E-state index contributed by atoms with van der Waals surface area (Å²) in [5, 5.41) is 8.95. The summed E-state index contributed by atoms with van der Waals surface area (Å²) in [5.74, 6) is -1.13. The van der Waals surface area contributed by atoms with Crippen molar-refractivity contribution >= 4 is 11.9 Å². The van der Waals surface area contributed by atoms with Crippen molar-refractivity contribution in [2.24, 2.45) is 0 Å². The second-order valence-electron chi connectivity index (χ2n) is 5.82. The summed E-state index contributed by atoms with van der Waals surface area (Å²) in [4.78, 5) is 27.5. The molecule has 5 heteroatoms. The fraction of sp³-hybridized carbons (Fsp3) is 0.733. The number of carbonyl (C=O) groups is 2. The van der Waals surface area contributed by atoms with Gasteiger partial charge in [-0.3, -0.25) is 4.79 Å². The lowest BCUT2D eigenvalue weighted by Gasteiger charge is -2.36. The molecule has 0 aromatic carbocycles. The fourth-order valence-corrected chi connectivity index (χ4v) is 3.10. The Kier molecular flexibility index (Phi) is 4.81. The zero-order valence-corrected chi connectivity index (χ0v) is 12.4. The molecule has 0 radical (unpaired) electrons. The van der Waals surface area contributed by atoms with Crippen molar-refractivity contribution in [2.75, 3.05) is 26.2 Å². The number of nitrogens with zero attached hydrogens (tertiary/aromatic N) is 2. The number of carboxylic acid groups (broad SMARTS) is 1. The van der Waals surface area contributed by atoms with Crippen LogP contribution >= 0.6 is 0 Å². The Hall–Kier alpha value is -1.36. The van der Waals surface area contributed by atoms with Crippen LogP contribution in [0.25, 0.3) is 0 Å². The number of rotatable bonds is 3. The Bertz CT molecular complexity index is 417. The van der Waals surface area contributed by atoms with Gasteiger partial charge in [-0.15, -0.1) is 0 Å². The van der Waals surface area contributed by atoms with Crippen LogP contribution in [0, 0.1) is 0 Å². The zero-order valence-electron chi connectivity index (χ0n) is 12.4. The molecule has 2 fully saturated rings. The molecule has 20 heavy (non-hydrogen) atoms. The van der Waals surface area contributed by atoms with Gasteiger partial charge in [-0.1, -0.05) is 0 Å². The van der Waals surface area contributed by atoms with Gasteiger partial charge in [0.2, 0.25) is 5.91 Å². The molecule has 2 heterocycles. The first-order chi connectivity index (χ1) is 9.50. The molecule has 2 saturated heterocycles. The minimum atomic E-state index is -1.01. The van der Waals surface area contributed by atoms with E-state index in [2.05, 4.69) is 4.90 Å². The molecule has 0 aliphatic carbocycles. The van der Waals surface area contributed by atoms with Gasteiger partial charge in [0, 0.05) is 30.3 Å². The average Bonchev–Trinajstić information content (AvgIpc) is 2.99. The van der Waals surface area contributed by atoms with Gasteiger partial charge in [-0.25, -0.2) is 4.79 Å². The van der Waals surface area contributed by atoms with Crippen LogP contribution in [0.2, 0.25) is 0 Å². The number of carbonyl (C=O) groups excluding carboxylic acids is 1. The summed E-state index contributed by atoms with van der Waals surface area (Å²) < 4.78 is 0. The monoisotopic (exact) mass is 280 g/mol. The topological polar surface area (TPSA) is 60.9 Å². The molecule has 0 spiro atoms. The Balaban J connectivity index is 1.91. The number of hydrogen-bond donors (Lipinski definition) is 1. The highest BCUT2D eigenvalue weighted by Gasteiger charge is 2.29. The number of piperidine rings is 1. The molecule has 0 bridgehead atoms. The molecule has 1 amide bonds. The highest BCUT2D eigenvalue weighted by Crippen LogP contribution is 2.22. The molecule has 2 aliphatic rings. The van der Waals surface area contributed by atoms with Gasteiger partial charge in [0.15, 0.2) is 0 Å². The molecule has 112 valence electrons. The van der Waals surface area contributed by atoms with Gasteiger partial charge in [-0.2, -0.15) is 0 Å². The quantitative estimate of drug-likeness (QED) is 0.796. The molecule has 0 aromatic rings. The molecule has 0 aromatic heterocycles. The van der Waals surface area contributed by atoms with Crippen molar-refractivity contribution in [3.05, 3.63) is 11.1 Å². The van der Waals surface area contributed by atoms with Gasteiger partial charge in [0.05, 0.1) is 0 Å². The van der Waals surface area contributed by atoms with Crippen LogP contribution in [0.15, 0.2) is 11.1 Å². The second-order valence-corrected chi connectivity index (χ2v) is 5.82. The van der Waals surface area contributed by atoms with Crippen molar-refractivity contribution in [2.45, 2.75) is 45.6 Å². The lowest BCUT2D eigenvalue weighted by molar-refractivity contribution is -0.134. The maximum absolute atomic E-state index is 12.3. The van der Waals surface area contributed by atoms with E-state index in [0.29, 0.717) is 11.6 Å². The first kappa shape index (κ1) is 15.0. The van der Waals surface area contributed by atoms with Crippen molar-refractivity contribution in [1.82, 2.24) is 9.80 Å². The number of carboxylic acids is 1. The van der Waals surface area contributed by atoms with Crippen molar-refractivity contribution in [1.29, 1.82) is 0 Å². The third-order valence-electron chi connectivity index (χ3n) is 4.61. The van der Waals surface area contributed by atoms with Crippen LogP contribution < -0.4 is 0 Å². The highest BCUT2D eigenvalue weighted by atomic mass is 16.4. The first-order valence-corrected chi connectivity index (χ1v) is 7.45. The van der Waals surface area contributed by atoms with Gasteiger partial charge in [0.25, 0.3) is 0 Å². The van der Waals surface area contributed by atoms with Crippen molar-refractivity contribution < 1.29 is 14.7 Å². The molecule has 5 nitrogen and oxygen atoms in total. The number of amides is 1. The third kappa shape index (κ3) is 3.20.